The normalized spacial score (nSPS) is 12.1. The fraction of sp³-hybridized carbons (Fsp3) is 0.907. The number of unbranched alkanes of at least 4 members (excludes halogenated alkanes) is 54. The molecule has 0 saturated heterocycles. The van der Waals surface area contributed by atoms with Crippen LogP contribution < -0.4 is 0 Å². The SMILES string of the molecule is CCCCC/C=C\C/C=C\CCCCCCCCCC(=O)OC(COC(=O)CCCCCCCCCCCCCCCCCC)COC(=O)CCCCCCCCCCCCCCCCCCCCCCCCCCCCCCCC. The highest BCUT2D eigenvalue weighted by atomic mass is 16.6. The van der Waals surface area contributed by atoms with Crippen molar-refractivity contribution >= 4 is 17.9 Å². The second-order valence-electron chi connectivity index (χ2n) is 25.2. The highest BCUT2D eigenvalue weighted by molar-refractivity contribution is 5.71. The first-order valence-corrected chi connectivity index (χ1v) is 36.8. The molecule has 1 unspecified atom stereocenters. The molecule has 0 radical (unpaired) electrons. The summed E-state index contributed by atoms with van der Waals surface area (Å²) in [5.74, 6) is -0.842. The molecule has 0 amide bonds. The lowest BCUT2D eigenvalue weighted by Crippen LogP contribution is -2.30. The van der Waals surface area contributed by atoms with Crippen LogP contribution >= 0.6 is 0 Å². The molecule has 6 nitrogen and oxygen atoms in total. The number of carbonyl (C=O) groups is 3. The lowest BCUT2D eigenvalue weighted by molar-refractivity contribution is -0.167. The van der Waals surface area contributed by atoms with E-state index in [9.17, 15) is 14.4 Å². The van der Waals surface area contributed by atoms with Gasteiger partial charge >= 0.3 is 17.9 Å². The topological polar surface area (TPSA) is 78.9 Å². The minimum absolute atomic E-state index is 0.0680. The van der Waals surface area contributed by atoms with Gasteiger partial charge in [0.1, 0.15) is 13.2 Å². The zero-order valence-electron chi connectivity index (χ0n) is 55.1. The number of ether oxygens (including phenoxy) is 3. The summed E-state index contributed by atoms with van der Waals surface area (Å²) in [6.45, 7) is 6.70. The third-order valence-electron chi connectivity index (χ3n) is 17.0. The minimum atomic E-state index is -0.773. The molecular weight excluding hydrogens is 997 g/mol. The van der Waals surface area contributed by atoms with E-state index in [1.165, 1.54) is 308 Å². The van der Waals surface area contributed by atoms with Crippen LogP contribution in [-0.4, -0.2) is 37.2 Å². The first-order valence-electron chi connectivity index (χ1n) is 36.8. The fourth-order valence-corrected chi connectivity index (χ4v) is 11.4. The van der Waals surface area contributed by atoms with Gasteiger partial charge in [0.05, 0.1) is 0 Å². The van der Waals surface area contributed by atoms with Gasteiger partial charge in [-0.15, -0.1) is 0 Å². The Bertz CT molecular complexity index is 1310. The Labute approximate surface area is 506 Å². The van der Waals surface area contributed by atoms with E-state index >= 15 is 0 Å². The van der Waals surface area contributed by atoms with Gasteiger partial charge in [-0.2, -0.15) is 0 Å². The zero-order chi connectivity index (χ0) is 58.5. The predicted octanol–water partition coefficient (Wildman–Crippen LogP) is 25.3. The maximum Gasteiger partial charge on any atom is 0.306 e. The standard InChI is InChI=1S/C75H142O6/c1-4-7-10-13-16-19-22-25-28-31-32-33-34-35-36-37-38-39-40-41-42-43-45-47-50-53-56-59-62-65-68-74(77)80-71-72(70-79-73(76)67-64-61-58-55-52-49-46-30-27-24-21-18-15-12-9-6-3)81-75(78)69-66-63-60-57-54-51-48-44-29-26-23-20-17-14-11-8-5-2/h17,20,26,29,72H,4-16,18-19,21-25,27-28,30-71H2,1-3H3/b20-17-,29-26-. The molecule has 478 valence electrons. The second kappa shape index (κ2) is 70.4. The van der Waals surface area contributed by atoms with Gasteiger partial charge in [0.2, 0.25) is 0 Å². The molecular formula is C75H142O6. The number of carbonyl (C=O) groups excluding carboxylic acids is 3. The summed E-state index contributed by atoms with van der Waals surface area (Å²) in [7, 11) is 0. The monoisotopic (exact) mass is 1140 g/mol. The molecule has 0 aliphatic carbocycles. The highest BCUT2D eigenvalue weighted by Crippen LogP contribution is 2.19. The fourth-order valence-electron chi connectivity index (χ4n) is 11.4. The summed E-state index contributed by atoms with van der Waals surface area (Å²) >= 11 is 0. The Kier molecular flexibility index (Phi) is 68.5. The van der Waals surface area contributed by atoms with Crippen molar-refractivity contribution in [2.24, 2.45) is 0 Å². The minimum Gasteiger partial charge on any atom is -0.462 e. The van der Waals surface area contributed by atoms with Crippen LogP contribution in [0.5, 0.6) is 0 Å². The molecule has 81 heavy (non-hydrogen) atoms. The van der Waals surface area contributed by atoms with Gasteiger partial charge in [-0.3, -0.25) is 14.4 Å². The lowest BCUT2D eigenvalue weighted by atomic mass is 10.0. The van der Waals surface area contributed by atoms with Crippen molar-refractivity contribution < 1.29 is 28.6 Å². The molecule has 0 aromatic heterocycles. The Morgan fingerprint density at radius 2 is 0.444 bits per heavy atom. The summed E-state index contributed by atoms with van der Waals surface area (Å²) in [4.78, 5) is 38.5. The Morgan fingerprint density at radius 3 is 0.704 bits per heavy atom. The Balaban J connectivity index is 4.17. The molecule has 0 N–H and O–H groups in total. The summed E-state index contributed by atoms with van der Waals surface area (Å²) in [6.07, 6.45) is 86.5. The number of esters is 3. The van der Waals surface area contributed by atoms with E-state index < -0.39 is 6.10 Å². The van der Waals surface area contributed by atoms with Crippen molar-refractivity contribution in [3.05, 3.63) is 24.3 Å². The third-order valence-corrected chi connectivity index (χ3v) is 17.0. The van der Waals surface area contributed by atoms with Gasteiger partial charge in [0.25, 0.3) is 0 Å². The number of hydrogen-bond donors (Lipinski definition) is 0. The van der Waals surface area contributed by atoms with Crippen LogP contribution in [0.15, 0.2) is 24.3 Å². The molecule has 0 heterocycles. The molecule has 0 rings (SSSR count). The predicted molar refractivity (Wildman–Crippen MR) is 353 cm³/mol. The van der Waals surface area contributed by atoms with Crippen molar-refractivity contribution in [3.8, 4) is 0 Å². The zero-order valence-corrected chi connectivity index (χ0v) is 55.1. The van der Waals surface area contributed by atoms with E-state index in [1.54, 1.807) is 0 Å². The molecule has 0 fully saturated rings. The van der Waals surface area contributed by atoms with E-state index in [-0.39, 0.29) is 31.1 Å². The van der Waals surface area contributed by atoms with Gasteiger partial charge in [0.15, 0.2) is 6.10 Å². The average Bonchev–Trinajstić information content (AvgIpc) is 3.47. The number of hydrogen-bond acceptors (Lipinski definition) is 6. The highest BCUT2D eigenvalue weighted by Gasteiger charge is 2.20. The van der Waals surface area contributed by atoms with Crippen molar-refractivity contribution in [3.63, 3.8) is 0 Å². The van der Waals surface area contributed by atoms with Gasteiger partial charge in [0, 0.05) is 19.3 Å². The van der Waals surface area contributed by atoms with Crippen LogP contribution in [0.4, 0.5) is 0 Å². The van der Waals surface area contributed by atoms with Crippen molar-refractivity contribution in [2.75, 3.05) is 13.2 Å². The number of allylic oxidation sites excluding steroid dienone is 4. The molecule has 0 aromatic carbocycles. The van der Waals surface area contributed by atoms with Crippen molar-refractivity contribution in [1.29, 1.82) is 0 Å². The van der Waals surface area contributed by atoms with E-state index in [4.69, 9.17) is 14.2 Å². The molecule has 0 aliphatic heterocycles. The summed E-state index contributed by atoms with van der Waals surface area (Å²) < 4.78 is 17.0. The summed E-state index contributed by atoms with van der Waals surface area (Å²) in [5.41, 5.74) is 0. The van der Waals surface area contributed by atoms with Gasteiger partial charge in [-0.05, 0) is 51.4 Å². The quantitative estimate of drug-likeness (QED) is 0.0261. The van der Waals surface area contributed by atoms with E-state index in [0.29, 0.717) is 19.3 Å². The van der Waals surface area contributed by atoms with Crippen molar-refractivity contribution in [1.82, 2.24) is 0 Å². The van der Waals surface area contributed by atoms with Gasteiger partial charge < -0.3 is 14.2 Å². The molecule has 0 aliphatic rings. The Hall–Kier alpha value is -2.11. The molecule has 0 spiro atoms. The van der Waals surface area contributed by atoms with Crippen LogP contribution in [0, 0.1) is 0 Å². The second-order valence-corrected chi connectivity index (χ2v) is 25.2. The molecule has 1 atom stereocenters. The first kappa shape index (κ1) is 78.9. The van der Waals surface area contributed by atoms with Crippen LogP contribution in [0.1, 0.15) is 419 Å². The van der Waals surface area contributed by atoms with Crippen LogP contribution in [0.2, 0.25) is 0 Å². The first-order chi connectivity index (χ1) is 40.0. The molecule has 6 heteroatoms. The van der Waals surface area contributed by atoms with E-state index in [2.05, 4.69) is 45.1 Å². The smallest absolute Gasteiger partial charge is 0.306 e. The third kappa shape index (κ3) is 68.6. The maximum absolute atomic E-state index is 12.9. The van der Waals surface area contributed by atoms with Gasteiger partial charge in [-0.25, -0.2) is 0 Å². The van der Waals surface area contributed by atoms with Crippen LogP contribution in [-0.2, 0) is 28.6 Å². The number of rotatable bonds is 69. The van der Waals surface area contributed by atoms with Crippen LogP contribution in [0.3, 0.4) is 0 Å². The molecule has 0 aromatic rings. The maximum atomic E-state index is 12.9. The molecule has 0 bridgehead atoms. The lowest BCUT2D eigenvalue weighted by Gasteiger charge is -2.18. The van der Waals surface area contributed by atoms with E-state index in [1.807, 2.05) is 0 Å². The average molecular weight is 1140 g/mol. The van der Waals surface area contributed by atoms with E-state index in [0.717, 1.165) is 70.6 Å². The van der Waals surface area contributed by atoms with Crippen molar-refractivity contribution in [2.45, 2.75) is 425 Å². The summed E-state index contributed by atoms with van der Waals surface area (Å²) in [6, 6.07) is 0. The summed E-state index contributed by atoms with van der Waals surface area (Å²) in [5, 5.41) is 0. The van der Waals surface area contributed by atoms with Crippen LogP contribution in [0.25, 0.3) is 0 Å². The Morgan fingerprint density at radius 1 is 0.247 bits per heavy atom. The molecule has 0 saturated carbocycles. The largest absolute Gasteiger partial charge is 0.462 e. The van der Waals surface area contributed by atoms with Gasteiger partial charge in [-0.1, -0.05) is 373 Å².